The molecule has 1 aromatic heterocycles. The number of ether oxygens (including phenoxy) is 2. The van der Waals surface area contributed by atoms with Gasteiger partial charge in [-0.3, -0.25) is 9.10 Å². The largest absolute Gasteiger partial charge is 0.495 e. The molecule has 0 unspecified atom stereocenters. The molecule has 0 aliphatic rings. The number of amides is 1. The number of para-hydroxylation sites is 1. The van der Waals surface area contributed by atoms with Crippen LogP contribution in [-0.4, -0.2) is 53.0 Å². The number of furan rings is 1. The first-order chi connectivity index (χ1) is 17.7. The first-order valence-electron chi connectivity index (χ1n) is 11.2. The van der Waals surface area contributed by atoms with Crippen molar-refractivity contribution in [2.24, 2.45) is 0 Å². The van der Waals surface area contributed by atoms with Gasteiger partial charge in [0.05, 0.1) is 37.8 Å². The molecule has 9 nitrogen and oxygen atoms in total. The molecule has 0 atom stereocenters. The van der Waals surface area contributed by atoms with Crippen LogP contribution in [0.15, 0.2) is 65.1 Å². The lowest BCUT2D eigenvalue weighted by Gasteiger charge is -2.23. The number of hydrogen-bond acceptors (Lipinski definition) is 7. The Balaban J connectivity index is 1.83. The van der Waals surface area contributed by atoms with E-state index in [-0.39, 0.29) is 40.6 Å². The fourth-order valence-corrected chi connectivity index (χ4v) is 4.82. The molecule has 0 aliphatic carbocycles. The van der Waals surface area contributed by atoms with Crippen molar-refractivity contribution in [3.05, 3.63) is 72.0 Å². The Labute approximate surface area is 213 Å². The molecule has 3 aromatic carbocycles. The average molecular weight is 529 g/mol. The molecule has 0 radical (unpaired) electrons. The molecule has 0 aliphatic heterocycles. The van der Waals surface area contributed by atoms with E-state index in [0.29, 0.717) is 16.7 Å². The van der Waals surface area contributed by atoms with Crippen LogP contribution in [0.2, 0.25) is 0 Å². The molecule has 0 saturated heterocycles. The fourth-order valence-electron chi connectivity index (χ4n) is 3.91. The minimum atomic E-state index is -3.76. The zero-order chi connectivity index (χ0) is 26.7. The Kier molecular flexibility index (Phi) is 7.37. The van der Waals surface area contributed by atoms with E-state index < -0.39 is 28.4 Å². The van der Waals surface area contributed by atoms with Crippen LogP contribution in [0.1, 0.15) is 10.4 Å². The molecule has 0 spiro atoms. The van der Waals surface area contributed by atoms with Crippen LogP contribution in [0.25, 0.3) is 22.3 Å². The molecule has 11 heteroatoms. The molecular weight excluding hydrogens is 503 g/mol. The third-order valence-electron chi connectivity index (χ3n) is 5.60. The van der Waals surface area contributed by atoms with Gasteiger partial charge in [0.2, 0.25) is 10.0 Å². The Hall–Kier alpha value is -4.09. The van der Waals surface area contributed by atoms with Crippen molar-refractivity contribution < 1.29 is 36.6 Å². The average Bonchev–Trinajstić information content (AvgIpc) is 3.25. The van der Waals surface area contributed by atoms with Gasteiger partial charge in [-0.25, -0.2) is 12.8 Å². The zero-order valence-electron chi connectivity index (χ0n) is 20.3. The summed E-state index contributed by atoms with van der Waals surface area (Å²) in [6, 6.07) is 15.5. The zero-order valence-corrected chi connectivity index (χ0v) is 21.1. The maximum atomic E-state index is 13.9. The molecule has 0 fully saturated rings. The summed E-state index contributed by atoms with van der Waals surface area (Å²) in [7, 11) is -0.905. The summed E-state index contributed by atoms with van der Waals surface area (Å²) >= 11 is 0. The molecular formula is C26H25FN2O7S. The van der Waals surface area contributed by atoms with E-state index in [4.69, 9.17) is 13.9 Å². The fraction of sp³-hybridized carbons (Fsp3) is 0.192. The number of sulfonamides is 1. The van der Waals surface area contributed by atoms with Gasteiger partial charge >= 0.3 is 0 Å². The summed E-state index contributed by atoms with van der Waals surface area (Å²) in [5.41, 5.74) is 1.15. The lowest BCUT2D eigenvalue weighted by atomic mass is 10.0. The number of hydrogen-bond donors (Lipinski definition) is 2. The second-order valence-electron chi connectivity index (χ2n) is 8.02. The van der Waals surface area contributed by atoms with E-state index in [1.807, 2.05) is 0 Å². The molecule has 2 N–H and O–H groups in total. The van der Waals surface area contributed by atoms with Gasteiger partial charge in [-0.15, -0.1) is 0 Å². The summed E-state index contributed by atoms with van der Waals surface area (Å²) in [6.07, 6.45) is 1.01. The van der Waals surface area contributed by atoms with Gasteiger partial charge in [-0.05, 0) is 42.5 Å². The highest BCUT2D eigenvalue weighted by Crippen LogP contribution is 2.41. The molecule has 4 rings (SSSR count). The van der Waals surface area contributed by atoms with Gasteiger partial charge in [-0.2, -0.15) is 0 Å². The molecule has 37 heavy (non-hydrogen) atoms. The Morgan fingerprint density at radius 1 is 1.11 bits per heavy atom. The van der Waals surface area contributed by atoms with Crippen LogP contribution in [0.3, 0.4) is 0 Å². The smallest absolute Gasteiger partial charge is 0.255 e. The number of benzene rings is 3. The highest BCUT2D eigenvalue weighted by atomic mass is 32.2. The van der Waals surface area contributed by atoms with Crippen molar-refractivity contribution in [1.29, 1.82) is 0 Å². The number of aliphatic hydroxyl groups is 1. The van der Waals surface area contributed by atoms with Crippen molar-refractivity contribution in [2.75, 3.05) is 37.9 Å². The summed E-state index contributed by atoms with van der Waals surface area (Å²) in [4.78, 5) is 12.9. The molecule has 4 aromatic rings. The normalized spacial score (nSPS) is 11.4. The number of fused-ring (bicyclic) bond motifs is 1. The monoisotopic (exact) mass is 528 g/mol. The lowest BCUT2D eigenvalue weighted by Crippen LogP contribution is -2.32. The summed E-state index contributed by atoms with van der Waals surface area (Å²) in [5.74, 6) is -0.0619. The van der Waals surface area contributed by atoms with E-state index in [1.54, 1.807) is 36.4 Å². The number of anilines is 1. The maximum absolute atomic E-state index is 13.9. The summed E-state index contributed by atoms with van der Waals surface area (Å²) in [5, 5.41) is 12.4. The number of carbonyl (C=O) groups is 1. The molecule has 194 valence electrons. The van der Waals surface area contributed by atoms with E-state index in [2.05, 4.69) is 5.32 Å². The Morgan fingerprint density at radius 3 is 2.41 bits per heavy atom. The molecule has 0 saturated carbocycles. The Bertz CT molecular complexity index is 1550. The number of halogens is 1. The second kappa shape index (κ2) is 10.5. The molecule has 1 heterocycles. The van der Waals surface area contributed by atoms with Gasteiger partial charge in [0, 0.05) is 24.1 Å². The van der Waals surface area contributed by atoms with E-state index in [0.717, 1.165) is 10.6 Å². The van der Waals surface area contributed by atoms with Crippen LogP contribution < -0.4 is 19.1 Å². The van der Waals surface area contributed by atoms with E-state index in [1.165, 1.54) is 38.4 Å². The van der Waals surface area contributed by atoms with E-state index in [9.17, 15) is 22.7 Å². The van der Waals surface area contributed by atoms with Crippen LogP contribution in [0.5, 0.6) is 17.2 Å². The van der Waals surface area contributed by atoms with Crippen LogP contribution in [-0.2, 0) is 10.0 Å². The number of rotatable bonds is 9. The van der Waals surface area contributed by atoms with Crippen molar-refractivity contribution in [3.63, 3.8) is 0 Å². The number of carbonyl (C=O) groups excluding carboxylic acids is 1. The van der Waals surface area contributed by atoms with Crippen molar-refractivity contribution in [3.8, 4) is 28.6 Å². The first-order valence-corrected chi connectivity index (χ1v) is 13.0. The minimum absolute atomic E-state index is 0.0722. The number of methoxy groups -OCH3 is 1. The van der Waals surface area contributed by atoms with Gasteiger partial charge in [-0.1, -0.05) is 12.1 Å². The standard InChI is InChI=1S/C26H25FN2O7S/c1-28-26(31)24-18-14-23(34-2)20(29(12-13-30)37(3,32)33)15-22(18)36-25(24)16-8-10-17(11-9-16)35-21-7-5-4-6-19(21)27/h4-11,14-15,30H,12-13H2,1-3H3,(H,28,31). The predicted octanol–water partition coefficient (Wildman–Crippen LogP) is 4.16. The Morgan fingerprint density at radius 2 is 1.81 bits per heavy atom. The summed E-state index contributed by atoms with van der Waals surface area (Å²) in [6.45, 7) is -0.609. The van der Waals surface area contributed by atoms with Crippen LogP contribution in [0, 0.1) is 5.82 Å². The summed E-state index contributed by atoms with van der Waals surface area (Å²) < 4.78 is 56.8. The number of aliphatic hydroxyl groups excluding tert-OH is 1. The predicted molar refractivity (Wildman–Crippen MR) is 137 cm³/mol. The van der Waals surface area contributed by atoms with Crippen molar-refractivity contribution >= 4 is 32.6 Å². The highest BCUT2D eigenvalue weighted by Gasteiger charge is 2.27. The van der Waals surface area contributed by atoms with Crippen LogP contribution in [0.4, 0.5) is 10.1 Å². The topological polar surface area (TPSA) is 118 Å². The van der Waals surface area contributed by atoms with Gasteiger partial charge in [0.15, 0.2) is 11.6 Å². The van der Waals surface area contributed by atoms with Crippen molar-refractivity contribution in [1.82, 2.24) is 5.32 Å². The van der Waals surface area contributed by atoms with Crippen molar-refractivity contribution in [2.45, 2.75) is 0 Å². The van der Waals surface area contributed by atoms with Crippen LogP contribution >= 0.6 is 0 Å². The second-order valence-corrected chi connectivity index (χ2v) is 9.93. The molecule has 1 amide bonds. The first kappa shape index (κ1) is 26.0. The third-order valence-corrected chi connectivity index (χ3v) is 6.78. The number of nitrogens with one attached hydrogen (secondary N) is 1. The quantitative estimate of drug-likeness (QED) is 0.335. The maximum Gasteiger partial charge on any atom is 0.255 e. The SMILES string of the molecule is CNC(=O)c1c(-c2ccc(Oc3ccccc3F)cc2)oc2cc(N(CCO)S(C)(=O)=O)c(OC)cc12. The van der Waals surface area contributed by atoms with Gasteiger partial charge in [0.1, 0.15) is 22.8 Å². The lowest BCUT2D eigenvalue weighted by molar-refractivity contribution is 0.0964. The highest BCUT2D eigenvalue weighted by molar-refractivity contribution is 7.92. The van der Waals surface area contributed by atoms with E-state index >= 15 is 0 Å². The molecule has 0 bridgehead atoms. The third kappa shape index (κ3) is 5.23. The van der Waals surface area contributed by atoms with Gasteiger partial charge < -0.3 is 24.3 Å². The van der Waals surface area contributed by atoms with Gasteiger partial charge in [0.25, 0.3) is 5.91 Å². The minimum Gasteiger partial charge on any atom is -0.495 e. The number of nitrogens with zero attached hydrogens (tertiary/aromatic N) is 1.